The number of hydrogen-bond donors (Lipinski definition) is 4. The normalized spacial score (nSPS) is 12.3. The predicted octanol–water partition coefficient (Wildman–Crippen LogP) is 6.39. The van der Waals surface area contributed by atoms with E-state index in [0.29, 0.717) is 19.4 Å². The zero-order valence-corrected chi connectivity index (χ0v) is 28.3. The van der Waals surface area contributed by atoms with E-state index in [-0.39, 0.29) is 18.4 Å². The van der Waals surface area contributed by atoms with E-state index in [0.717, 1.165) is 25.7 Å². The minimum Gasteiger partial charge on any atom is -0.480 e. The highest BCUT2D eigenvalue weighted by Gasteiger charge is 2.26. The number of rotatable bonds is 15. The molecule has 0 unspecified atom stereocenters. The van der Waals surface area contributed by atoms with Gasteiger partial charge in [0.05, 0.1) is 6.61 Å². The molecular formula is C32H60N2O9. The Morgan fingerprint density at radius 3 is 1.47 bits per heavy atom. The van der Waals surface area contributed by atoms with Crippen molar-refractivity contribution in [3.8, 4) is 0 Å². The first kappa shape index (κ1) is 44.4. The van der Waals surface area contributed by atoms with Crippen molar-refractivity contribution >= 4 is 24.1 Å². The monoisotopic (exact) mass is 616 g/mol. The molecule has 0 aliphatic heterocycles. The highest BCUT2D eigenvalue weighted by atomic mass is 16.6. The molecule has 0 aliphatic rings. The second kappa shape index (κ2) is 24.4. The van der Waals surface area contributed by atoms with Crippen LogP contribution in [0.1, 0.15) is 108 Å². The Bertz CT molecular complexity index is 813. The molecule has 2 atom stereocenters. The van der Waals surface area contributed by atoms with E-state index in [2.05, 4.69) is 23.8 Å². The summed E-state index contributed by atoms with van der Waals surface area (Å²) < 4.78 is 15.3. The Morgan fingerprint density at radius 1 is 0.744 bits per heavy atom. The number of aliphatic carboxylic acids is 1. The molecule has 0 saturated heterocycles. The fraction of sp³-hybridized carbons (Fsp3) is 0.750. The first-order chi connectivity index (χ1) is 19.7. The molecule has 4 N–H and O–H groups in total. The lowest BCUT2D eigenvalue weighted by molar-refractivity contribution is -0.146. The standard InChI is InChI=1S/C16H29NO4.C11H21NO4.C5H10O/c1-7-8-9-10-20-14(18)13(11-12(2)3)17-15(19)21-16(4,5)6;1-7(2)6-8(9(13)14)12-10(15)16-11(3,4)5;1-2-3-4-5-6/h7,12-13H,1,8-11H2,2-6H3,(H,17,19);7-8H,6H2,1-5H3,(H,12,15)(H,13,14);2,6H,1,3-5H2/t13-;8-;/m00./s1. The summed E-state index contributed by atoms with van der Waals surface area (Å²) in [6.07, 6.45) is 6.48. The van der Waals surface area contributed by atoms with Gasteiger partial charge in [-0.1, -0.05) is 39.8 Å². The summed E-state index contributed by atoms with van der Waals surface area (Å²) in [6, 6.07) is -1.57. The fourth-order valence-corrected chi connectivity index (χ4v) is 3.01. The van der Waals surface area contributed by atoms with E-state index < -0.39 is 47.4 Å². The summed E-state index contributed by atoms with van der Waals surface area (Å²) in [5.41, 5.74) is -1.22. The van der Waals surface area contributed by atoms with E-state index in [1.165, 1.54) is 0 Å². The SMILES string of the molecule is C=CCCCO.C=CCCCOC(=O)[C@H](CC(C)C)NC(=O)OC(C)(C)C.CC(C)C[C@H](NC(=O)OC(C)(C)C)C(=O)O. The molecule has 0 aromatic heterocycles. The second-order valence-corrected chi connectivity index (χ2v) is 12.7. The van der Waals surface area contributed by atoms with Crippen LogP contribution < -0.4 is 10.6 Å². The Hall–Kier alpha value is -3.08. The van der Waals surface area contributed by atoms with Gasteiger partial charge in [-0.25, -0.2) is 19.2 Å². The zero-order chi connectivity index (χ0) is 34.2. The van der Waals surface area contributed by atoms with Crippen LogP contribution in [-0.4, -0.2) is 70.8 Å². The van der Waals surface area contributed by atoms with Gasteiger partial charge in [0, 0.05) is 6.61 Å². The molecule has 0 radical (unpaired) electrons. The third-order valence-corrected chi connectivity index (χ3v) is 4.74. The third kappa shape index (κ3) is 33.3. The van der Waals surface area contributed by atoms with Crippen molar-refractivity contribution in [2.75, 3.05) is 13.2 Å². The highest BCUT2D eigenvalue weighted by Crippen LogP contribution is 2.11. The number of allylic oxidation sites excluding steroid dienone is 2. The van der Waals surface area contributed by atoms with Gasteiger partial charge in [0.15, 0.2) is 0 Å². The first-order valence-electron chi connectivity index (χ1n) is 14.9. The molecule has 2 amide bonds. The second-order valence-electron chi connectivity index (χ2n) is 12.7. The molecule has 0 bridgehead atoms. The van der Waals surface area contributed by atoms with Crippen molar-refractivity contribution in [1.29, 1.82) is 0 Å². The molecule has 0 heterocycles. The van der Waals surface area contributed by atoms with E-state index in [1.54, 1.807) is 53.7 Å². The molecule has 0 spiro atoms. The average Bonchev–Trinajstić information content (AvgIpc) is 2.82. The molecule has 0 aromatic carbocycles. The van der Waals surface area contributed by atoms with Gasteiger partial charge in [-0.15, -0.1) is 13.2 Å². The Kier molecular flexibility index (Phi) is 25.1. The molecule has 0 fully saturated rings. The molecule has 0 saturated carbocycles. The van der Waals surface area contributed by atoms with Crippen LogP contribution in [0.3, 0.4) is 0 Å². The van der Waals surface area contributed by atoms with E-state index >= 15 is 0 Å². The van der Waals surface area contributed by atoms with Crippen molar-refractivity contribution in [3.63, 3.8) is 0 Å². The summed E-state index contributed by atoms with van der Waals surface area (Å²) in [6.45, 7) is 26.0. The van der Waals surface area contributed by atoms with Gasteiger partial charge >= 0.3 is 24.1 Å². The van der Waals surface area contributed by atoms with Crippen LogP contribution in [0.4, 0.5) is 9.59 Å². The summed E-state index contributed by atoms with van der Waals surface area (Å²) in [4.78, 5) is 46.0. The number of nitrogens with one attached hydrogen (secondary N) is 2. The van der Waals surface area contributed by atoms with E-state index in [4.69, 9.17) is 24.4 Å². The number of esters is 1. The van der Waals surface area contributed by atoms with Gasteiger partial charge in [0.25, 0.3) is 0 Å². The van der Waals surface area contributed by atoms with Crippen molar-refractivity contribution in [2.24, 2.45) is 11.8 Å². The number of alkyl carbamates (subject to hydrolysis) is 2. The number of aliphatic hydroxyl groups excluding tert-OH is 1. The molecular weight excluding hydrogens is 556 g/mol. The van der Waals surface area contributed by atoms with Gasteiger partial charge in [-0.05, 0) is 91.9 Å². The van der Waals surface area contributed by atoms with Crippen LogP contribution in [0.5, 0.6) is 0 Å². The van der Waals surface area contributed by atoms with Gasteiger partial charge in [0.1, 0.15) is 23.3 Å². The fourth-order valence-electron chi connectivity index (χ4n) is 3.01. The average molecular weight is 617 g/mol. The Balaban J connectivity index is -0.000000640. The maximum absolute atomic E-state index is 12.0. The topological polar surface area (TPSA) is 160 Å². The van der Waals surface area contributed by atoms with E-state index in [9.17, 15) is 19.2 Å². The number of ether oxygens (including phenoxy) is 3. The van der Waals surface area contributed by atoms with Gasteiger partial charge in [-0.2, -0.15) is 0 Å². The lowest BCUT2D eigenvalue weighted by atomic mass is 10.0. The maximum atomic E-state index is 12.0. The highest BCUT2D eigenvalue weighted by molar-refractivity contribution is 5.81. The number of carboxylic acids is 1. The number of unbranched alkanes of at least 4 members (excludes halogenated alkanes) is 2. The molecule has 252 valence electrons. The molecule has 43 heavy (non-hydrogen) atoms. The van der Waals surface area contributed by atoms with Crippen LogP contribution in [-0.2, 0) is 23.8 Å². The number of carbonyl (C=O) groups excluding carboxylic acids is 3. The van der Waals surface area contributed by atoms with Gasteiger partial charge < -0.3 is 35.1 Å². The van der Waals surface area contributed by atoms with Crippen LogP contribution in [0.2, 0.25) is 0 Å². The summed E-state index contributed by atoms with van der Waals surface area (Å²) in [5.74, 6) is -1.01. The largest absolute Gasteiger partial charge is 0.480 e. The third-order valence-electron chi connectivity index (χ3n) is 4.74. The number of carbonyl (C=O) groups is 4. The first-order valence-corrected chi connectivity index (χ1v) is 14.9. The number of aliphatic hydroxyl groups is 1. The molecule has 0 rings (SSSR count). The minimum absolute atomic E-state index is 0.191. The van der Waals surface area contributed by atoms with Gasteiger partial charge in [-0.3, -0.25) is 0 Å². The maximum Gasteiger partial charge on any atom is 0.408 e. The lowest BCUT2D eigenvalue weighted by Crippen LogP contribution is -2.45. The van der Waals surface area contributed by atoms with E-state index in [1.807, 2.05) is 27.7 Å². The summed E-state index contributed by atoms with van der Waals surface area (Å²) in [5, 5.41) is 22.0. The number of hydrogen-bond acceptors (Lipinski definition) is 8. The molecule has 0 aromatic rings. The van der Waals surface area contributed by atoms with Crippen LogP contribution in [0.15, 0.2) is 25.3 Å². The number of carboxylic acid groups (broad SMARTS) is 1. The predicted molar refractivity (Wildman–Crippen MR) is 170 cm³/mol. The Morgan fingerprint density at radius 2 is 1.14 bits per heavy atom. The quantitative estimate of drug-likeness (QED) is 0.0707. The van der Waals surface area contributed by atoms with Crippen LogP contribution in [0.25, 0.3) is 0 Å². The Labute approximate surface area is 259 Å². The smallest absolute Gasteiger partial charge is 0.408 e. The van der Waals surface area contributed by atoms with Crippen molar-refractivity contribution < 1.29 is 43.6 Å². The van der Waals surface area contributed by atoms with Crippen molar-refractivity contribution in [2.45, 2.75) is 131 Å². The molecule has 11 nitrogen and oxygen atoms in total. The number of amides is 2. The van der Waals surface area contributed by atoms with Crippen molar-refractivity contribution in [1.82, 2.24) is 10.6 Å². The molecule has 0 aliphatic carbocycles. The van der Waals surface area contributed by atoms with Crippen molar-refractivity contribution in [3.05, 3.63) is 25.3 Å². The van der Waals surface area contributed by atoms with Gasteiger partial charge in [0.2, 0.25) is 0 Å². The summed E-state index contributed by atoms with van der Waals surface area (Å²) >= 11 is 0. The summed E-state index contributed by atoms with van der Waals surface area (Å²) in [7, 11) is 0. The zero-order valence-electron chi connectivity index (χ0n) is 28.3. The minimum atomic E-state index is -1.04. The lowest BCUT2D eigenvalue weighted by Gasteiger charge is -2.23. The van der Waals surface area contributed by atoms with Crippen LogP contribution in [0, 0.1) is 11.8 Å². The van der Waals surface area contributed by atoms with Crippen LogP contribution >= 0.6 is 0 Å². The molecule has 11 heteroatoms.